The summed E-state index contributed by atoms with van der Waals surface area (Å²) in [6, 6.07) is 17.8. The number of ether oxygens (including phenoxy) is 2. The van der Waals surface area contributed by atoms with Gasteiger partial charge in [0, 0.05) is 16.7 Å². The maximum Gasteiger partial charge on any atom is 0.272 e. The summed E-state index contributed by atoms with van der Waals surface area (Å²) in [6.07, 6.45) is 3.57. The molecule has 2 N–H and O–H groups in total. The Morgan fingerprint density at radius 3 is 2.50 bits per heavy atom. The molecule has 3 aromatic rings. The quantitative estimate of drug-likeness (QED) is 0.368. The summed E-state index contributed by atoms with van der Waals surface area (Å²) in [7, 11) is 1.51. The first-order valence-corrected chi connectivity index (χ1v) is 11.0. The number of benzene rings is 2. The van der Waals surface area contributed by atoms with E-state index in [4.69, 9.17) is 9.47 Å². The van der Waals surface area contributed by atoms with Crippen LogP contribution in [-0.4, -0.2) is 30.5 Å². The van der Waals surface area contributed by atoms with E-state index in [9.17, 15) is 9.59 Å². The molecule has 32 heavy (non-hydrogen) atoms. The molecule has 0 radical (unpaired) electrons. The summed E-state index contributed by atoms with van der Waals surface area (Å²) in [4.78, 5) is 30.5. The van der Waals surface area contributed by atoms with Crippen LogP contribution in [0.1, 0.15) is 40.5 Å². The van der Waals surface area contributed by atoms with Crippen LogP contribution in [0.15, 0.2) is 76.8 Å². The topological polar surface area (TPSA) is 89.6 Å². The van der Waals surface area contributed by atoms with Crippen molar-refractivity contribution in [2.45, 2.75) is 29.7 Å². The Kier molecular flexibility index (Phi) is 8.51. The minimum Gasteiger partial charge on any atom is -0.493 e. The first-order chi connectivity index (χ1) is 15.6. The second-order valence-corrected chi connectivity index (χ2v) is 7.81. The zero-order valence-corrected chi connectivity index (χ0v) is 18.8. The van der Waals surface area contributed by atoms with Crippen LogP contribution in [0.4, 0.5) is 0 Å². The molecule has 0 aliphatic rings. The highest BCUT2D eigenvalue weighted by Crippen LogP contribution is 2.29. The highest BCUT2D eigenvalue weighted by molar-refractivity contribution is 7.99. The molecule has 0 bridgehead atoms. The number of hydrogen-bond donors (Lipinski definition) is 2. The van der Waals surface area contributed by atoms with E-state index < -0.39 is 11.8 Å². The maximum absolute atomic E-state index is 12.7. The first kappa shape index (κ1) is 23.1. The van der Waals surface area contributed by atoms with Gasteiger partial charge in [0.25, 0.3) is 11.8 Å². The highest BCUT2D eigenvalue weighted by Gasteiger charge is 2.16. The van der Waals surface area contributed by atoms with Crippen molar-refractivity contribution in [3.63, 3.8) is 0 Å². The lowest BCUT2D eigenvalue weighted by Crippen LogP contribution is -2.41. The molecule has 166 valence electrons. The Morgan fingerprint density at radius 1 is 0.969 bits per heavy atom. The molecule has 0 aliphatic heterocycles. The Labute approximate surface area is 191 Å². The summed E-state index contributed by atoms with van der Waals surface area (Å²) in [5, 5.41) is 0.542. The minimum atomic E-state index is -0.474. The predicted molar refractivity (Wildman–Crippen MR) is 123 cm³/mol. The first-order valence-electron chi connectivity index (χ1n) is 10.2. The van der Waals surface area contributed by atoms with Gasteiger partial charge in [-0.1, -0.05) is 43.3 Å². The van der Waals surface area contributed by atoms with Gasteiger partial charge in [-0.25, -0.2) is 4.98 Å². The number of hydrogen-bond acceptors (Lipinski definition) is 6. The summed E-state index contributed by atoms with van der Waals surface area (Å²) in [5.74, 6) is 0.0858. The molecule has 0 spiro atoms. The zero-order chi connectivity index (χ0) is 22.8. The molecular weight excluding hydrogens is 426 g/mol. The van der Waals surface area contributed by atoms with Gasteiger partial charge >= 0.3 is 0 Å². The summed E-state index contributed by atoms with van der Waals surface area (Å²) in [6.45, 7) is 2.65. The standard InChI is InChI=1S/C24H25N3O4S/c1-3-4-15-31-20-13-12-17(16-21(20)30-2)22(28)26-27-23(29)19-11-8-14-25-24(19)32-18-9-6-5-7-10-18/h5-14,16H,3-4,15H2,1-2H3,(H,26,28)(H,27,29). The molecule has 1 aromatic heterocycles. The monoisotopic (exact) mass is 451 g/mol. The van der Waals surface area contributed by atoms with Crippen LogP contribution in [-0.2, 0) is 0 Å². The second kappa shape index (κ2) is 11.8. The van der Waals surface area contributed by atoms with Crippen LogP contribution in [0.25, 0.3) is 0 Å². The smallest absolute Gasteiger partial charge is 0.272 e. The van der Waals surface area contributed by atoms with Crippen LogP contribution >= 0.6 is 11.8 Å². The lowest BCUT2D eigenvalue weighted by Gasteiger charge is -2.13. The molecule has 2 amide bonds. The van der Waals surface area contributed by atoms with E-state index in [1.807, 2.05) is 30.3 Å². The van der Waals surface area contributed by atoms with Crippen LogP contribution in [0, 0.1) is 0 Å². The van der Waals surface area contributed by atoms with Crippen LogP contribution in [0.3, 0.4) is 0 Å². The van der Waals surface area contributed by atoms with Crippen molar-refractivity contribution in [1.82, 2.24) is 15.8 Å². The third kappa shape index (κ3) is 6.24. The van der Waals surface area contributed by atoms with E-state index in [1.165, 1.54) is 18.9 Å². The molecule has 0 aliphatic carbocycles. The van der Waals surface area contributed by atoms with Gasteiger partial charge in [0.15, 0.2) is 11.5 Å². The average molecular weight is 452 g/mol. The number of pyridine rings is 1. The van der Waals surface area contributed by atoms with E-state index in [0.29, 0.717) is 34.3 Å². The van der Waals surface area contributed by atoms with E-state index in [0.717, 1.165) is 17.7 Å². The number of hydrazine groups is 1. The summed E-state index contributed by atoms with van der Waals surface area (Å²) < 4.78 is 11.0. The number of unbranched alkanes of at least 4 members (excludes halogenated alkanes) is 1. The number of nitrogens with one attached hydrogen (secondary N) is 2. The molecular formula is C24H25N3O4S. The van der Waals surface area contributed by atoms with Gasteiger partial charge in [-0.15, -0.1) is 0 Å². The van der Waals surface area contributed by atoms with Crippen molar-refractivity contribution in [3.8, 4) is 11.5 Å². The molecule has 0 unspecified atom stereocenters. The fourth-order valence-corrected chi connectivity index (χ4v) is 3.65. The van der Waals surface area contributed by atoms with Gasteiger partial charge in [-0.05, 0) is 48.9 Å². The van der Waals surface area contributed by atoms with E-state index >= 15 is 0 Å². The Balaban J connectivity index is 1.64. The third-order valence-corrected chi connectivity index (χ3v) is 5.47. The molecule has 3 rings (SSSR count). The maximum atomic E-state index is 12.7. The van der Waals surface area contributed by atoms with E-state index in [2.05, 4.69) is 22.8 Å². The largest absolute Gasteiger partial charge is 0.493 e. The van der Waals surface area contributed by atoms with Gasteiger partial charge in [-0.2, -0.15) is 0 Å². The minimum absolute atomic E-state index is 0.329. The molecule has 0 atom stereocenters. The third-order valence-electron chi connectivity index (χ3n) is 4.44. The number of methoxy groups -OCH3 is 1. The summed E-state index contributed by atoms with van der Waals surface area (Å²) >= 11 is 1.37. The Morgan fingerprint density at radius 2 is 1.75 bits per heavy atom. The van der Waals surface area contributed by atoms with Crippen molar-refractivity contribution in [2.75, 3.05) is 13.7 Å². The number of carbonyl (C=O) groups is 2. The normalized spacial score (nSPS) is 10.3. The summed E-state index contributed by atoms with van der Waals surface area (Å²) in [5.41, 5.74) is 5.58. The lowest BCUT2D eigenvalue weighted by molar-refractivity contribution is 0.0844. The van der Waals surface area contributed by atoms with Gasteiger partial charge in [-0.3, -0.25) is 20.4 Å². The molecule has 2 aromatic carbocycles. The van der Waals surface area contributed by atoms with Crippen LogP contribution in [0.2, 0.25) is 0 Å². The van der Waals surface area contributed by atoms with Crippen molar-refractivity contribution in [2.24, 2.45) is 0 Å². The number of carbonyl (C=O) groups excluding carboxylic acids is 2. The second-order valence-electron chi connectivity index (χ2n) is 6.75. The van der Waals surface area contributed by atoms with Gasteiger partial charge < -0.3 is 9.47 Å². The lowest BCUT2D eigenvalue weighted by atomic mass is 10.2. The van der Waals surface area contributed by atoms with Crippen LogP contribution in [0.5, 0.6) is 11.5 Å². The molecule has 0 fully saturated rings. The number of aromatic nitrogens is 1. The van der Waals surface area contributed by atoms with Gasteiger partial charge in [0.1, 0.15) is 5.03 Å². The number of amides is 2. The Bertz CT molecular complexity index is 1060. The van der Waals surface area contributed by atoms with Crippen molar-refractivity contribution in [1.29, 1.82) is 0 Å². The van der Waals surface area contributed by atoms with Gasteiger partial charge in [0.2, 0.25) is 0 Å². The fraction of sp³-hybridized carbons (Fsp3) is 0.208. The van der Waals surface area contributed by atoms with Gasteiger partial charge in [0.05, 0.1) is 19.3 Å². The van der Waals surface area contributed by atoms with Crippen molar-refractivity contribution >= 4 is 23.6 Å². The SMILES string of the molecule is CCCCOc1ccc(C(=O)NNC(=O)c2cccnc2Sc2ccccc2)cc1OC. The van der Waals surface area contributed by atoms with E-state index in [-0.39, 0.29) is 0 Å². The molecule has 8 heteroatoms. The number of rotatable bonds is 9. The van der Waals surface area contributed by atoms with Crippen LogP contribution < -0.4 is 20.3 Å². The van der Waals surface area contributed by atoms with Crippen molar-refractivity contribution < 1.29 is 19.1 Å². The zero-order valence-electron chi connectivity index (χ0n) is 18.0. The highest BCUT2D eigenvalue weighted by atomic mass is 32.2. The molecule has 0 saturated heterocycles. The predicted octanol–water partition coefficient (Wildman–Crippen LogP) is 4.50. The fourth-order valence-electron chi connectivity index (χ4n) is 2.75. The Hall–Kier alpha value is -3.52. The van der Waals surface area contributed by atoms with E-state index in [1.54, 1.807) is 36.5 Å². The molecule has 0 saturated carbocycles. The number of nitrogens with zero attached hydrogens (tertiary/aromatic N) is 1. The molecule has 1 heterocycles. The average Bonchev–Trinajstić information content (AvgIpc) is 2.83. The van der Waals surface area contributed by atoms with Crippen molar-refractivity contribution in [3.05, 3.63) is 78.0 Å². The molecule has 7 nitrogen and oxygen atoms in total.